The Bertz CT molecular complexity index is 686. The molecule has 0 saturated heterocycles. The number of hydrogen-bond donors (Lipinski definition) is 1. The summed E-state index contributed by atoms with van der Waals surface area (Å²) in [6, 6.07) is 4.94. The molecule has 8 heteroatoms. The van der Waals surface area contributed by atoms with Crippen LogP contribution in [0.4, 0.5) is 27.6 Å². The van der Waals surface area contributed by atoms with Crippen LogP contribution in [0.1, 0.15) is 10.4 Å². The first kappa shape index (κ1) is 14.8. The molecule has 0 aliphatic carbocycles. The highest BCUT2D eigenvalue weighted by Crippen LogP contribution is 2.29. The van der Waals surface area contributed by atoms with E-state index in [1.54, 1.807) is 0 Å². The Morgan fingerprint density at radius 2 is 1.24 bits per heavy atom. The number of nitrogen functional groups attached to an aromatic ring is 1. The fourth-order valence-corrected chi connectivity index (χ4v) is 1.45. The normalized spacial score (nSPS) is 10.5. The van der Waals surface area contributed by atoms with Crippen molar-refractivity contribution in [2.45, 2.75) is 0 Å². The molecule has 0 spiro atoms. The van der Waals surface area contributed by atoms with Crippen molar-refractivity contribution in [3.63, 3.8) is 0 Å². The highest BCUT2D eigenvalue weighted by atomic mass is 19.2. The zero-order valence-electron chi connectivity index (χ0n) is 10.1. The molecule has 0 unspecified atom stereocenters. The Hall–Kier alpha value is -2.64. The zero-order chi connectivity index (χ0) is 15.7. The summed E-state index contributed by atoms with van der Waals surface area (Å²) in [5.41, 5.74) is 5.51. The third-order valence-corrected chi connectivity index (χ3v) is 2.51. The maximum absolute atomic E-state index is 13.3. The fourth-order valence-electron chi connectivity index (χ4n) is 1.45. The van der Waals surface area contributed by atoms with E-state index in [-0.39, 0.29) is 5.56 Å². The van der Waals surface area contributed by atoms with E-state index in [9.17, 15) is 26.7 Å². The van der Waals surface area contributed by atoms with Crippen LogP contribution >= 0.6 is 0 Å². The van der Waals surface area contributed by atoms with Gasteiger partial charge in [0.2, 0.25) is 34.8 Å². The van der Waals surface area contributed by atoms with Gasteiger partial charge >= 0.3 is 5.97 Å². The van der Waals surface area contributed by atoms with Gasteiger partial charge in [0, 0.05) is 5.69 Å². The first-order valence-electron chi connectivity index (χ1n) is 5.42. The predicted octanol–water partition coefficient (Wildman–Crippen LogP) is 3.18. The lowest BCUT2D eigenvalue weighted by atomic mass is 10.2. The summed E-state index contributed by atoms with van der Waals surface area (Å²) in [6.45, 7) is 0. The molecule has 0 fully saturated rings. The van der Waals surface area contributed by atoms with Crippen molar-refractivity contribution >= 4 is 11.7 Å². The molecule has 0 atom stereocenters. The van der Waals surface area contributed by atoms with Crippen LogP contribution in [0.25, 0.3) is 0 Å². The molecule has 3 nitrogen and oxygen atoms in total. The Morgan fingerprint density at radius 3 is 1.71 bits per heavy atom. The number of hydrogen-bond acceptors (Lipinski definition) is 3. The number of anilines is 1. The van der Waals surface area contributed by atoms with E-state index >= 15 is 0 Å². The average molecular weight is 303 g/mol. The van der Waals surface area contributed by atoms with E-state index in [1.165, 1.54) is 24.3 Å². The molecular formula is C13H6F5NO2. The lowest BCUT2D eigenvalue weighted by molar-refractivity contribution is 0.0716. The van der Waals surface area contributed by atoms with Gasteiger partial charge in [-0.05, 0) is 24.3 Å². The standard InChI is InChI=1S/C13H6F5NO2/c14-7-8(15)10(17)12(11(18)9(7)16)21-13(20)5-1-3-6(19)4-2-5/h1-4H,19H2. The van der Waals surface area contributed by atoms with Crippen molar-refractivity contribution in [3.05, 3.63) is 58.9 Å². The minimum Gasteiger partial charge on any atom is -0.416 e. The summed E-state index contributed by atoms with van der Waals surface area (Å²) in [5.74, 6) is -14.1. The molecule has 2 aromatic carbocycles. The number of carbonyl (C=O) groups is 1. The second-order valence-electron chi connectivity index (χ2n) is 3.91. The lowest BCUT2D eigenvalue weighted by Crippen LogP contribution is -2.13. The van der Waals surface area contributed by atoms with Crippen LogP contribution in [0.2, 0.25) is 0 Å². The summed E-state index contributed by atoms with van der Waals surface area (Å²) in [6.07, 6.45) is 0. The summed E-state index contributed by atoms with van der Waals surface area (Å²) >= 11 is 0. The van der Waals surface area contributed by atoms with Crippen molar-refractivity contribution in [2.75, 3.05) is 5.73 Å². The first-order valence-corrected chi connectivity index (χ1v) is 5.42. The van der Waals surface area contributed by atoms with Crippen molar-refractivity contribution in [3.8, 4) is 5.75 Å². The number of nitrogens with two attached hydrogens (primary N) is 1. The summed E-state index contributed by atoms with van der Waals surface area (Å²) in [4.78, 5) is 11.6. The van der Waals surface area contributed by atoms with E-state index < -0.39 is 40.8 Å². The predicted molar refractivity (Wildman–Crippen MR) is 62.0 cm³/mol. The molecule has 0 aliphatic heterocycles. The minimum absolute atomic E-state index is 0.173. The van der Waals surface area contributed by atoms with Gasteiger partial charge in [-0.1, -0.05) is 0 Å². The smallest absolute Gasteiger partial charge is 0.343 e. The Balaban J connectivity index is 2.40. The minimum atomic E-state index is -2.34. The summed E-state index contributed by atoms with van der Waals surface area (Å²) in [5, 5.41) is 0. The molecular weight excluding hydrogens is 297 g/mol. The van der Waals surface area contributed by atoms with Crippen LogP contribution in [0.5, 0.6) is 5.75 Å². The van der Waals surface area contributed by atoms with E-state index in [2.05, 4.69) is 4.74 Å². The van der Waals surface area contributed by atoms with E-state index in [0.29, 0.717) is 5.69 Å². The lowest BCUT2D eigenvalue weighted by Gasteiger charge is -2.08. The first-order chi connectivity index (χ1) is 9.82. The molecule has 2 aromatic rings. The van der Waals surface area contributed by atoms with Crippen LogP contribution in [-0.2, 0) is 0 Å². The van der Waals surface area contributed by atoms with Gasteiger partial charge in [-0.3, -0.25) is 0 Å². The topological polar surface area (TPSA) is 52.3 Å². The molecule has 21 heavy (non-hydrogen) atoms. The van der Waals surface area contributed by atoms with Gasteiger partial charge in [0.15, 0.2) is 0 Å². The molecule has 2 rings (SSSR count). The van der Waals surface area contributed by atoms with Gasteiger partial charge in [-0.2, -0.15) is 8.78 Å². The van der Waals surface area contributed by atoms with Crippen molar-refractivity contribution in [2.24, 2.45) is 0 Å². The molecule has 0 saturated carbocycles. The summed E-state index contributed by atoms with van der Waals surface area (Å²) < 4.78 is 69.6. The molecule has 0 amide bonds. The molecule has 110 valence electrons. The third-order valence-electron chi connectivity index (χ3n) is 2.51. The van der Waals surface area contributed by atoms with Crippen LogP contribution in [0.3, 0.4) is 0 Å². The number of esters is 1. The maximum Gasteiger partial charge on any atom is 0.343 e. The van der Waals surface area contributed by atoms with Crippen LogP contribution in [-0.4, -0.2) is 5.97 Å². The SMILES string of the molecule is Nc1ccc(C(=O)Oc2c(F)c(F)c(F)c(F)c2F)cc1. The Labute approximate surface area is 114 Å². The zero-order valence-corrected chi connectivity index (χ0v) is 10.1. The van der Waals surface area contributed by atoms with Gasteiger partial charge in [0.1, 0.15) is 0 Å². The third kappa shape index (κ3) is 2.64. The largest absolute Gasteiger partial charge is 0.416 e. The molecule has 0 aromatic heterocycles. The number of benzene rings is 2. The number of halogens is 5. The monoisotopic (exact) mass is 303 g/mol. The van der Waals surface area contributed by atoms with E-state index in [0.717, 1.165) is 0 Å². The number of carbonyl (C=O) groups excluding carboxylic acids is 1. The molecule has 0 aliphatic rings. The quantitative estimate of drug-likeness (QED) is 0.231. The van der Waals surface area contributed by atoms with E-state index in [4.69, 9.17) is 5.73 Å². The van der Waals surface area contributed by atoms with Crippen molar-refractivity contribution in [1.82, 2.24) is 0 Å². The molecule has 0 radical (unpaired) electrons. The van der Waals surface area contributed by atoms with Crippen LogP contribution < -0.4 is 10.5 Å². The number of rotatable bonds is 2. The van der Waals surface area contributed by atoms with Gasteiger partial charge in [0.25, 0.3) is 0 Å². The maximum atomic E-state index is 13.3. The second kappa shape index (κ2) is 5.39. The van der Waals surface area contributed by atoms with Gasteiger partial charge < -0.3 is 10.5 Å². The van der Waals surface area contributed by atoms with Crippen molar-refractivity contribution < 1.29 is 31.5 Å². The molecule has 0 heterocycles. The Morgan fingerprint density at radius 1 is 0.810 bits per heavy atom. The average Bonchev–Trinajstić information content (AvgIpc) is 2.48. The number of ether oxygens (including phenoxy) is 1. The molecule has 0 bridgehead atoms. The molecule has 2 N–H and O–H groups in total. The highest BCUT2D eigenvalue weighted by Gasteiger charge is 2.28. The van der Waals surface area contributed by atoms with Crippen LogP contribution in [0, 0.1) is 29.1 Å². The highest BCUT2D eigenvalue weighted by molar-refractivity contribution is 5.91. The van der Waals surface area contributed by atoms with E-state index in [1.807, 2.05) is 0 Å². The van der Waals surface area contributed by atoms with Gasteiger partial charge in [-0.25, -0.2) is 18.0 Å². The van der Waals surface area contributed by atoms with Gasteiger partial charge in [-0.15, -0.1) is 0 Å². The van der Waals surface area contributed by atoms with Gasteiger partial charge in [0.05, 0.1) is 5.56 Å². The Kier molecular flexibility index (Phi) is 3.79. The fraction of sp³-hybridized carbons (Fsp3) is 0. The van der Waals surface area contributed by atoms with Crippen LogP contribution in [0.15, 0.2) is 24.3 Å². The van der Waals surface area contributed by atoms with Crippen molar-refractivity contribution in [1.29, 1.82) is 0 Å². The summed E-state index contributed by atoms with van der Waals surface area (Å²) in [7, 11) is 0. The second-order valence-corrected chi connectivity index (χ2v) is 3.91.